The number of ketones is 1. The van der Waals surface area contributed by atoms with Crippen molar-refractivity contribution >= 4 is 50.5 Å². The van der Waals surface area contributed by atoms with Crippen LogP contribution in [-0.4, -0.2) is 34.8 Å². The van der Waals surface area contributed by atoms with Gasteiger partial charge in [-0.25, -0.2) is 4.98 Å². The van der Waals surface area contributed by atoms with Gasteiger partial charge in [0.1, 0.15) is 5.01 Å². The van der Waals surface area contributed by atoms with Gasteiger partial charge in [-0.2, -0.15) is 0 Å². The van der Waals surface area contributed by atoms with Gasteiger partial charge in [-0.1, -0.05) is 30.2 Å². The van der Waals surface area contributed by atoms with E-state index >= 15 is 0 Å². The molecule has 0 radical (unpaired) electrons. The van der Waals surface area contributed by atoms with Crippen molar-refractivity contribution in [3.8, 4) is 0 Å². The molecular formula is C21H18ClN3O2S. The first-order valence-electron chi connectivity index (χ1n) is 9.37. The van der Waals surface area contributed by atoms with Gasteiger partial charge in [-0.3, -0.25) is 19.4 Å². The molecule has 5 rings (SSSR count). The lowest BCUT2D eigenvalue weighted by molar-refractivity contribution is -0.114. The Morgan fingerprint density at radius 3 is 2.86 bits per heavy atom. The van der Waals surface area contributed by atoms with Crippen LogP contribution in [0.3, 0.4) is 0 Å². The number of hydrogen-bond acceptors (Lipinski definition) is 5. The summed E-state index contributed by atoms with van der Waals surface area (Å²) in [5.41, 5.74) is 2.06. The van der Waals surface area contributed by atoms with Crippen molar-refractivity contribution < 1.29 is 9.59 Å². The van der Waals surface area contributed by atoms with Gasteiger partial charge in [0.05, 0.1) is 34.2 Å². The maximum Gasteiger partial charge on any atom is 0.300 e. The average molecular weight is 412 g/mol. The zero-order valence-electron chi connectivity index (χ0n) is 15.1. The first-order valence-corrected chi connectivity index (χ1v) is 10.6. The van der Waals surface area contributed by atoms with Gasteiger partial charge in [-0.15, -0.1) is 11.3 Å². The maximum atomic E-state index is 12.6. The number of carbonyl (C=O) groups excluding carboxylic acids is 2. The van der Waals surface area contributed by atoms with Gasteiger partial charge in [0.2, 0.25) is 0 Å². The fraction of sp³-hybridized carbons (Fsp3) is 0.286. The van der Waals surface area contributed by atoms with E-state index in [1.807, 2.05) is 18.2 Å². The number of thiazole rings is 1. The molecule has 0 aliphatic carbocycles. The van der Waals surface area contributed by atoms with Crippen LogP contribution in [-0.2, 0) is 4.79 Å². The number of rotatable bonds is 3. The van der Waals surface area contributed by atoms with Gasteiger partial charge in [0.15, 0.2) is 0 Å². The van der Waals surface area contributed by atoms with Crippen LogP contribution >= 0.6 is 22.9 Å². The summed E-state index contributed by atoms with van der Waals surface area (Å²) in [7, 11) is 0. The lowest BCUT2D eigenvalue weighted by Gasteiger charge is -2.36. The van der Waals surface area contributed by atoms with Crippen LogP contribution < -0.4 is 4.90 Å². The number of Topliss-reactive ketones (excluding diaryl/α,β-unsaturated/α-hetero) is 1. The summed E-state index contributed by atoms with van der Waals surface area (Å²) in [4.78, 5) is 33.7. The minimum absolute atomic E-state index is 0.158. The van der Waals surface area contributed by atoms with Gasteiger partial charge < -0.3 is 0 Å². The Kier molecular flexibility index (Phi) is 4.42. The number of carbonyl (C=O) groups is 2. The highest BCUT2D eigenvalue weighted by Crippen LogP contribution is 2.37. The van der Waals surface area contributed by atoms with E-state index in [9.17, 15) is 9.59 Å². The summed E-state index contributed by atoms with van der Waals surface area (Å²) in [6.45, 7) is 1.27. The third-order valence-electron chi connectivity index (χ3n) is 5.47. The minimum atomic E-state index is -0.481. The first-order chi connectivity index (χ1) is 13.6. The van der Waals surface area contributed by atoms with E-state index in [0.29, 0.717) is 22.9 Å². The molecule has 1 amide bonds. The highest BCUT2D eigenvalue weighted by molar-refractivity contribution is 7.18. The number of nitrogens with zero attached hydrogens (tertiary/aromatic N) is 3. The summed E-state index contributed by atoms with van der Waals surface area (Å²) >= 11 is 7.73. The number of likely N-dealkylation sites (tertiary alicyclic amines) is 1. The smallest absolute Gasteiger partial charge is 0.291 e. The van der Waals surface area contributed by atoms with E-state index in [1.165, 1.54) is 4.70 Å². The normalized spacial score (nSPS) is 20.2. The molecule has 0 saturated carbocycles. The van der Waals surface area contributed by atoms with Crippen molar-refractivity contribution in [2.75, 3.05) is 18.1 Å². The molecule has 1 aromatic heterocycles. The molecule has 0 N–H and O–H groups in total. The molecule has 0 bridgehead atoms. The van der Waals surface area contributed by atoms with Crippen molar-refractivity contribution in [3.05, 3.63) is 58.1 Å². The Morgan fingerprint density at radius 2 is 2.00 bits per heavy atom. The molecule has 2 aliphatic rings. The predicted octanol–water partition coefficient (Wildman–Crippen LogP) is 4.66. The monoisotopic (exact) mass is 411 g/mol. The van der Waals surface area contributed by atoms with E-state index in [2.05, 4.69) is 11.0 Å². The SMILES string of the molecule is O=C1C(=O)N(CN2CCCC[C@@H]2c2nc3ccccc3s2)c2ccc(Cl)cc21. The number of aromatic nitrogens is 1. The lowest BCUT2D eigenvalue weighted by atomic mass is 10.0. The minimum Gasteiger partial charge on any atom is -0.291 e. The zero-order chi connectivity index (χ0) is 19.3. The summed E-state index contributed by atoms with van der Waals surface area (Å²) in [5.74, 6) is -0.961. The first kappa shape index (κ1) is 17.8. The van der Waals surface area contributed by atoms with E-state index in [-0.39, 0.29) is 6.04 Å². The van der Waals surface area contributed by atoms with E-state index in [0.717, 1.165) is 36.3 Å². The third kappa shape index (κ3) is 2.92. The van der Waals surface area contributed by atoms with Crippen molar-refractivity contribution in [1.29, 1.82) is 0 Å². The number of halogens is 1. The molecular weight excluding hydrogens is 394 g/mol. The molecule has 1 saturated heterocycles. The van der Waals surface area contributed by atoms with Crippen LogP contribution in [0.25, 0.3) is 10.2 Å². The molecule has 3 heterocycles. The molecule has 28 heavy (non-hydrogen) atoms. The van der Waals surface area contributed by atoms with Gasteiger partial charge in [-0.05, 0) is 43.2 Å². The Labute approximate surface area is 171 Å². The molecule has 7 heteroatoms. The fourth-order valence-electron chi connectivity index (χ4n) is 4.07. The quantitative estimate of drug-likeness (QED) is 0.588. The number of piperidine rings is 1. The average Bonchev–Trinajstić information content (AvgIpc) is 3.24. The van der Waals surface area contributed by atoms with E-state index < -0.39 is 11.7 Å². The molecule has 1 atom stereocenters. The largest absolute Gasteiger partial charge is 0.300 e. The molecule has 1 fully saturated rings. The Bertz CT molecular complexity index is 1060. The van der Waals surface area contributed by atoms with Crippen LogP contribution in [0.5, 0.6) is 0 Å². The summed E-state index contributed by atoms with van der Waals surface area (Å²) in [6.07, 6.45) is 3.21. The lowest BCUT2D eigenvalue weighted by Crippen LogP contribution is -2.44. The van der Waals surface area contributed by atoms with Crippen molar-refractivity contribution in [2.45, 2.75) is 25.3 Å². The fourth-order valence-corrected chi connectivity index (χ4v) is 5.38. The summed E-state index contributed by atoms with van der Waals surface area (Å²) < 4.78 is 1.18. The number of fused-ring (bicyclic) bond motifs is 2. The van der Waals surface area contributed by atoms with Crippen LogP contribution in [0.2, 0.25) is 5.02 Å². The van der Waals surface area contributed by atoms with Crippen LogP contribution in [0.15, 0.2) is 42.5 Å². The number of amides is 1. The van der Waals surface area contributed by atoms with Gasteiger partial charge in [0.25, 0.3) is 5.78 Å². The van der Waals surface area contributed by atoms with Crippen LogP contribution in [0.4, 0.5) is 5.69 Å². The Hall–Kier alpha value is -2.28. The van der Waals surface area contributed by atoms with Crippen LogP contribution in [0.1, 0.15) is 40.7 Å². The molecule has 2 aliphatic heterocycles. The number of benzene rings is 2. The van der Waals surface area contributed by atoms with Gasteiger partial charge in [0, 0.05) is 11.6 Å². The van der Waals surface area contributed by atoms with Crippen molar-refractivity contribution in [2.24, 2.45) is 0 Å². The number of hydrogen-bond donors (Lipinski definition) is 0. The highest BCUT2D eigenvalue weighted by atomic mass is 35.5. The maximum absolute atomic E-state index is 12.6. The summed E-state index contributed by atoms with van der Waals surface area (Å²) in [5, 5.41) is 1.54. The van der Waals surface area contributed by atoms with Crippen LogP contribution in [0, 0.1) is 0 Å². The molecule has 0 unspecified atom stereocenters. The molecule has 3 aromatic rings. The highest BCUT2D eigenvalue weighted by Gasteiger charge is 2.38. The molecule has 2 aromatic carbocycles. The van der Waals surface area contributed by atoms with E-state index in [1.54, 1.807) is 34.4 Å². The third-order valence-corrected chi connectivity index (χ3v) is 6.84. The Morgan fingerprint density at radius 1 is 1.14 bits per heavy atom. The number of para-hydroxylation sites is 1. The van der Waals surface area contributed by atoms with Crippen molar-refractivity contribution in [1.82, 2.24) is 9.88 Å². The second-order valence-corrected chi connectivity index (χ2v) is 8.71. The second-order valence-electron chi connectivity index (χ2n) is 7.21. The predicted molar refractivity (Wildman–Crippen MR) is 111 cm³/mol. The standard InChI is InChI=1S/C21H18ClN3O2S/c22-13-8-9-16-14(11-13)19(26)21(27)25(16)12-24-10-4-3-6-17(24)20-23-15-5-1-2-7-18(15)28-20/h1-2,5,7-9,11,17H,3-4,6,10,12H2/t17-/m1/s1. The Balaban J connectivity index is 1.46. The zero-order valence-corrected chi connectivity index (χ0v) is 16.7. The topological polar surface area (TPSA) is 53.5 Å². The summed E-state index contributed by atoms with van der Waals surface area (Å²) in [6, 6.07) is 13.4. The number of anilines is 1. The molecule has 5 nitrogen and oxygen atoms in total. The van der Waals surface area contributed by atoms with E-state index in [4.69, 9.17) is 16.6 Å². The van der Waals surface area contributed by atoms with Gasteiger partial charge >= 0.3 is 5.91 Å². The molecule has 0 spiro atoms. The second kappa shape index (κ2) is 6.95. The van der Waals surface area contributed by atoms with Crippen molar-refractivity contribution in [3.63, 3.8) is 0 Å². The molecule has 142 valence electrons.